The van der Waals surface area contributed by atoms with Gasteiger partial charge >= 0.3 is 0 Å². The van der Waals surface area contributed by atoms with Crippen molar-refractivity contribution in [2.24, 2.45) is 11.8 Å². The van der Waals surface area contributed by atoms with Crippen molar-refractivity contribution in [3.05, 3.63) is 23.8 Å². The summed E-state index contributed by atoms with van der Waals surface area (Å²) in [5.74, 6) is 3.16. The first-order valence-electron chi connectivity index (χ1n) is 7.84. The summed E-state index contributed by atoms with van der Waals surface area (Å²) in [6.45, 7) is 0.588. The fourth-order valence-electron chi connectivity index (χ4n) is 3.90. The SMILES string of the molecule is COc1cc(OC)cc([C@H](O)CN[C@H]2C[C@H]3CC[C@H]2C3)c1. The van der Waals surface area contributed by atoms with Gasteiger partial charge in [-0.3, -0.25) is 0 Å². The zero-order chi connectivity index (χ0) is 14.8. The number of aliphatic hydroxyl groups excluding tert-OH is 1. The molecule has 4 heteroatoms. The zero-order valence-corrected chi connectivity index (χ0v) is 12.8. The van der Waals surface area contributed by atoms with Gasteiger partial charge in [-0.1, -0.05) is 6.42 Å². The van der Waals surface area contributed by atoms with Gasteiger partial charge in [0.15, 0.2) is 0 Å². The summed E-state index contributed by atoms with van der Waals surface area (Å²) in [5, 5.41) is 14.0. The Morgan fingerprint density at radius 3 is 2.38 bits per heavy atom. The highest BCUT2D eigenvalue weighted by Gasteiger charge is 2.39. The molecule has 2 bridgehead atoms. The molecule has 21 heavy (non-hydrogen) atoms. The first-order chi connectivity index (χ1) is 10.2. The van der Waals surface area contributed by atoms with Crippen LogP contribution < -0.4 is 14.8 Å². The molecule has 1 aromatic carbocycles. The van der Waals surface area contributed by atoms with E-state index in [1.807, 2.05) is 18.2 Å². The molecular formula is C17H25NO3. The number of hydrogen-bond acceptors (Lipinski definition) is 4. The number of hydrogen-bond donors (Lipinski definition) is 2. The first-order valence-corrected chi connectivity index (χ1v) is 7.84. The van der Waals surface area contributed by atoms with Crippen LogP contribution in [0.5, 0.6) is 11.5 Å². The Morgan fingerprint density at radius 2 is 1.86 bits per heavy atom. The van der Waals surface area contributed by atoms with Crippen LogP contribution >= 0.6 is 0 Å². The number of benzene rings is 1. The Labute approximate surface area is 126 Å². The molecule has 0 aromatic heterocycles. The highest BCUT2D eigenvalue weighted by atomic mass is 16.5. The van der Waals surface area contributed by atoms with Gasteiger partial charge in [-0.2, -0.15) is 0 Å². The molecule has 1 aromatic rings. The zero-order valence-electron chi connectivity index (χ0n) is 12.8. The second kappa shape index (κ2) is 6.24. The minimum absolute atomic E-state index is 0.534. The van der Waals surface area contributed by atoms with Crippen molar-refractivity contribution in [3.8, 4) is 11.5 Å². The van der Waals surface area contributed by atoms with Crippen molar-refractivity contribution in [2.75, 3.05) is 20.8 Å². The van der Waals surface area contributed by atoms with Crippen LogP contribution in [0, 0.1) is 11.8 Å². The quantitative estimate of drug-likeness (QED) is 0.845. The first kappa shape index (κ1) is 14.7. The molecule has 2 aliphatic carbocycles. The Balaban J connectivity index is 1.61. The topological polar surface area (TPSA) is 50.7 Å². The highest BCUT2D eigenvalue weighted by Crippen LogP contribution is 2.44. The molecule has 2 saturated carbocycles. The maximum atomic E-state index is 10.4. The maximum Gasteiger partial charge on any atom is 0.122 e. The van der Waals surface area contributed by atoms with Crippen LogP contribution in [0.25, 0.3) is 0 Å². The van der Waals surface area contributed by atoms with Crippen molar-refractivity contribution < 1.29 is 14.6 Å². The molecule has 0 heterocycles. The van der Waals surface area contributed by atoms with Gasteiger partial charge in [0.1, 0.15) is 11.5 Å². The summed E-state index contributed by atoms with van der Waals surface area (Å²) < 4.78 is 10.5. The third-order valence-corrected chi connectivity index (χ3v) is 5.07. The van der Waals surface area contributed by atoms with Crippen LogP contribution in [0.2, 0.25) is 0 Å². The summed E-state index contributed by atoms with van der Waals surface area (Å²) in [5.41, 5.74) is 0.835. The molecule has 116 valence electrons. The van der Waals surface area contributed by atoms with Crippen molar-refractivity contribution in [3.63, 3.8) is 0 Å². The lowest BCUT2D eigenvalue weighted by atomic mass is 9.95. The van der Waals surface area contributed by atoms with Crippen LogP contribution in [-0.2, 0) is 0 Å². The van der Waals surface area contributed by atoms with Gasteiger partial charge in [-0.15, -0.1) is 0 Å². The Bertz CT molecular complexity index is 469. The fourth-order valence-corrected chi connectivity index (χ4v) is 3.90. The average Bonchev–Trinajstić information content (AvgIpc) is 3.14. The minimum atomic E-state index is -0.534. The molecule has 4 atom stereocenters. The predicted molar refractivity (Wildman–Crippen MR) is 81.7 cm³/mol. The van der Waals surface area contributed by atoms with E-state index in [0.717, 1.165) is 17.4 Å². The molecule has 2 N–H and O–H groups in total. The van der Waals surface area contributed by atoms with E-state index in [1.54, 1.807) is 14.2 Å². The van der Waals surface area contributed by atoms with Gasteiger partial charge < -0.3 is 19.9 Å². The number of methoxy groups -OCH3 is 2. The van der Waals surface area contributed by atoms with Gasteiger partial charge in [-0.25, -0.2) is 0 Å². The maximum absolute atomic E-state index is 10.4. The molecule has 0 radical (unpaired) electrons. The Kier molecular flexibility index (Phi) is 4.36. The number of nitrogens with one attached hydrogen (secondary N) is 1. The molecule has 2 aliphatic rings. The van der Waals surface area contributed by atoms with E-state index in [2.05, 4.69) is 5.32 Å². The molecule has 4 nitrogen and oxygen atoms in total. The van der Waals surface area contributed by atoms with Crippen molar-refractivity contribution in [1.29, 1.82) is 0 Å². The third-order valence-electron chi connectivity index (χ3n) is 5.07. The monoisotopic (exact) mass is 291 g/mol. The molecule has 0 unspecified atom stereocenters. The van der Waals surface area contributed by atoms with Crippen LogP contribution in [0.4, 0.5) is 0 Å². The molecular weight excluding hydrogens is 266 g/mol. The van der Waals surface area contributed by atoms with E-state index in [4.69, 9.17) is 9.47 Å². The Morgan fingerprint density at radius 1 is 1.14 bits per heavy atom. The lowest BCUT2D eigenvalue weighted by molar-refractivity contribution is 0.163. The van der Waals surface area contributed by atoms with Crippen molar-refractivity contribution in [2.45, 2.75) is 37.8 Å². The van der Waals surface area contributed by atoms with E-state index in [1.165, 1.54) is 25.7 Å². The van der Waals surface area contributed by atoms with Crippen LogP contribution in [0.3, 0.4) is 0 Å². The normalized spacial score (nSPS) is 28.6. The molecule has 0 saturated heterocycles. The number of fused-ring (bicyclic) bond motifs is 2. The van der Waals surface area contributed by atoms with Gasteiger partial charge in [-0.05, 0) is 48.8 Å². The molecule has 3 rings (SSSR count). The largest absolute Gasteiger partial charge is 0.497 e. The third kappa shape index (κ3) is 3.16. The Hall–Kier alpha value is -1.26. The summed E-state index contributed by atoms with van der Waals surface area (Å²) in [7, 11) is 3.25. The van der Waals surface area contributed by atoms with Gasteiger partial charge in [0.2, 0.25) is 0 Å². The van der Waals surface area contributed by atoms with Crippen LogP contribution in [0.1, 0.15) is 37.4 Å². The lowest BCUT2D eigenvalue weighted by Crippen LogP contribution is -2.36. The summed E-state index contributed by atoms with van der Waals surface area (Å²) >= 11 is 0. The van der Waals surface area contributed by atoms with Crippen molar-refractivity contribution >= 4 is 0 Å². The van der Waals surface area contributed by atoms with Gasteiger partial charge in [0.25, 0.3) is 0 Å². The second-order valence-corrected chi connectivity index (χ2v) is 6.35. The van der Waals surface area contributed by atoms with E-state index >= 15 is 0 Å². The van der Waals surface area contributed by atoms with E-state index in [0.29, 0.717) is 24.1 Å². The molecule has 0 amide bonds. The number of ether oxygens (including phenoxy) is 2. The smallest absolute Gasteiger partial charge is 0.122 e. The van der Waals surface area contributed by atoms with Crippen LogP contribution in [0.15, 0.2) is 18.2 Å². The average molecular weight is 291 g/mol. The van der Waals surface area contributed by atoms with Crippen LogP contribution in [-0.4, -0.2) is 31.9 Å². The standard InChI is InChI=1S/C17H25NO3/c1-20-14-7-13(8-15(9-14)21-2)17(19)10-18-16-6-11-3-4-12(16)5-11/h7-9,11-12,16-19H,3-6,10H2,1-2H3/t11-,12-,16-,17+/m0/s1. The van der Waals surface area contributed by atoms with Gasteiger partial charge in [0.05, 0.1) is 20.3 Å². The summed E-state index contributed by atoms with van der Waals surface area (Å²) in [6.07, 6.45) is 4.87. The highest BCUT2D eigenvalue weighted by molar-refractivity contribution is 5.39. The molecule has 0 spiro atoms. The van der Waals surface area contributed by atoms with Crippen molar-refractivity contribution in [1.82, 2.24) is 5.32 Å². The van der Waals surface area contributed by atoms with Gasteiger partial charge in [0, 0.05) is 18.7 Å². The predicted octanol–water partition coefficient (Wildman–Crippen LogP) is 2.52. The van der Waals surface area contributed by atoms with E-state index < -0.39 is 6.10 Å². The minimum Gasteiger partial charge on any atom is -0.497 e. The van der Waals surface area contributed by atoms with E-state index in [9.17, 15) is 5.11 Å². The molecule has 2 fully saturated rings. The molecule has 0 aliphatic heterocycles. The summed E-state index contributed by atoms with van der Waals surface area (Å²) in [6, 6.07) is 6.15. The van der Waals surface area contributed by atoms with E-state index in [-0.39, 0.29) is 0 Å². The lowest BCUT2D eigenvalue weighted by Gasteiger charge is -2.24. The second-order valence-electron chi connectivity index (χ2n) is 6.35. The summed E-state index contributed by atoms with van der Waals surface area (Å²) in [4.78, 5) is 0. The fraction of sp³-hybridized carbons (Fsp3) is 0.647. The number of rotatable bonds is 6. The number of aliphatic hydroxyl groups is 1.